The van der Waals surface area contributed by atoms with Gasteiger partial charge in [0.1, 0.15) is 5.69 Å². The molecule has 0 aromatic carbocycles. The van der Waals surface area contributed by atoms with Crippen molar-refractivity contribution in [3.05, 3.63) is 24.0 Å². The molecule has 0 spiro atoms. The van der Waals surface area contributed by atoms with Crippen molar-refractivity contribution in [3.8, 4) is 0 Å². The molecule has 18 heavy (non-hydrogen) atoms. The van der Waals surface area contributed by atoms with Crippen molar-refractivity contribution < 1.29 is 15.0 Å². The first-order valence-electron chi connectivity index (χ1n) is 6.38. The third kappa shape index (κ3) is 2.73. The fourth-order valence-corrected chi connectivity index (χ4v) is 2.42. The number of nitrogens with one attached hydrogen (secondary N) is 1. The summed E-state index contributed by atoms with van der Waals surface area (Å²) in [6.45, 7) is 0. The van der Waals surface area contributed by atoms with Gasteiger partial charge in [0.15, 0.2) is 0 Å². The first kappa shape index (κ1) is 13.1. The van der Waals surface area contributed by atoms with Crippen molar-refractivity contribution in [1.29, 1.82) is 0 Å². The molecule has 3 N–H and O–H groups in total. The predicted molar refractivity (Wildman–Crippen MR) is 67.1 cm³/mol. The number of aromatic nitrogens is 1. The van der Waals surface area contributed by atoms with Gasteiger partial charge in [0, 0.05) is 13.2 Å². The Balaban J connectivity index is 2.04. The Labute approximate surface area is 106 Å². The van der Waals surface area contributed by atoms with Crippen molar-refractivity contribution in [2.24, 2.45) is 7.05 Å². The molecule has 0 radical (unpaired) electrons. The summed E-state index contributed by atoms with van der Waals surface area (Å²) in [5, 5.41) is 22.5. The molecule has 0 bridgehead atoms. The number of amides is 1. The molecule has 0 unspecified atom stereocenters. The second-order valence-corrected chi connectivity index (χ2v) is 4.93. The summed E-state index contributed by atoms with van der Waals surface area (Å²) < 4.78 is 1.73. The first-order chi connectivity index (χ1) is 8.59. The molecular weight excluding hydrogens is 232 g/mol. The highest BCUT2D eigenvalue weighted by Crippen LogP contribution is 2.19. The Morgan fingerprint density at radius 3 is 2.78 bits per heavy atom. The SMILES string of the molecule is Cn1cccc1C(=O)N[C@@H]1CCCC[C@@H](O)[C@@H]1O. The molecule has 1 saturated carbocycles. The van der Waals surface area contributed by atoms with Crippen LogP contribution in [0.15, 0.2) is 18.3 Å². The molecule has 1 aromatic heterocycles. The molecular formula is C13H20N2O3. The van der Waals surface area contributed by atoms with Gasteiger partial charge in [-0.15, -0.1) is 0 Å². The minimum absolute atomic E-state index is 0.208. The molecule has 1 amide bonds. The fourth-order valence-electron chi connectivity index (χ4n) is 2.42. The van der Waals surface area contributed by atoms with Crippen LogP contribution in [0.5, 0.6) is 0 Å². The van der Waals surface area contributed by atoms with Gasteiger partial charge >= 0.3 is 0 Å². The van der Waals surface area contributed by atoms with E-state index in [1.165, 1.54) is 0 Å². The predicted octanol–water partition coefficient (Wildman–Crippen LogP) is 0.419. The zero-order chi connectivity index (χ0) is 13.1. The number of carbonyl (C=O) groups excluding carboxylic acids is 1. The van der Waals surface area contributed by atoms with Crippen LogP contribution in [-0.4, -0.2) is 38.9 Å². The van der Waals surface area contributed by atoms with Crippen molar-refractivity contribution >= 4 is 5.91 Å². The highest BCUT2D eigenvalue weighted by Gasteiger charge is 2.30. The molecule has 0 aliphatic heterocycles. The highest BCUT2D eigenvalue weighted by molar-refractivity contribution is 5.92. The van der Waals surface area contributed by atoms with E-state index in [0.717, 1.165) is 12.8 Å². The Morgan fingerprint density at radius 1 is 1.39 bits per heavy atom. The van der Waals surface area contributed by atoms with E-state index in [4.69, 9.17) is 0 Å². The quantitative estimate of drug-likeness (QED) is 0.668. The number of aliphatic hydroxyl groups excluding tert-OH is 2. The normalized spacial score (nSPS) is 28.7. The van der Waals surface area contributed by atoms with Crippen LogP contribution in [0, 0.1) is 0 Å². The van der Waals surface area contributed by atoms with Crippen LogP contribution in [-0.2, 0) is 7.05 Å². The molecule has 1 heterocycles. The zero-order valence-corrected chi connectivity index (χ0v) is 10.5. The number of hydrogen-bond acceptors (Lipinski definition) is 3. The zero-order valence-electron chi connectivity index (χ0n) is 10.5. The second kappa shape index (κ2) is 5.54. The summed E-state index contributed by atoms with van der Waals surface area (Å²) >= 11 is 0. The lowest BCUT2D eigenvalue weighted by Gasteiger charge is -2.24. The lowest BCUT2D eigenvalue weighted by molar-refractivity contribution is -0.00131. The van der Waals surface area contributed by atoms with E-state index in [9.17, 15) is 15.0 Å². The van der Waals surface area contributed by atoms with Gasteiger partial charge in [0.2, 0.25) is 0 Å². The van der Waals surface area contributed by atoms with Crippen LogP contribution < -0.4 is 5.32 Å². The van der Waals surface area contributed by atoms with Crippen LogP contribution in [0.2, 0.25) is 0 Å². The van der Waals surface area contributed by atoms with Gasteiger partial charge in [-0.2, -0.15) is 0 Å². The number of nitrogens with zero attached hydrogens (tertiary/aromatic N) is 1. The smallest absolute Gasteiger partial charge is 0.268 e. The third-order valence-corrected chi connectivity index (χ3v) is 3.56. The van der Waals surface area contributed by atoms with E-state index in [1.807, 2.05) is 0 Å². The van der Waals surface area contributed by atoms with Gasteiger partial charge in [-0.3, -0.25) is 4.79 Å². The van der Waals surface area contributed by atoms with E-state index < -0.39 is 12.2 Å². The standard InChI is InChI=1S/C13H20N2O3/c1-15-8-4-6-10(15)13(18)14-9-5-2-3-7-11(16)12(9)17/h4,6,8-9,11-12,16-17H,2-3,5,7H2,1H3,(H,14,18)/t9-,11-,12-/m1/s1. The fraction of sp³-hybridized carbons (Fsp3) is 0.615. The van der Waals surface area contributed by atoms with Gasteiger partial charge in [-0.25, -0.2) is 0 Å². The minimum atomic E-state index is -0.878. The van der Waals surface area contributed by atoms with Crippen molar-refractivity contribution in [3.63, 3.8) is 0 Å². The molecule has 5 heteroatoms. The molecule has 100 valence electrons. The van der Waals surface area contributed by atoms with Gasteiger partial charge in [-0.05, 0) is 25.0 Å². The summed E-state index contributed by atoms with van der Waals surface area (Å²) in [4.78, 5) is 12.0. The molecule has 1 aliphatic carbocycles. The average Bonchev–Trinajstić information content (AvgIpc) is 2.71. The lowest BCUT2D eigenvalue weighted by atomic mass is 10.0. The largest absolute Gasteiger partial charge is 0.390 e. The number of rotatable bonds is 2. The maximum Gasteiger partial charge on any atom is 0.268 e. The van der Waals surface area contributed by atoms with Crippen LogP contribution >= 0.6 is 0 Å². The van der Waals surface area contributed by atoms with Crippen molar-refractivity contribution in [2.75, 3.05) is 0 Å². The van der Waals surface area contributed by atoms with Gasteiger partial charge in [0.25, 0.3) is 5.91 Å². The minimum Gasteiger partial charge on any atom is -0.390 e. The Bertz CT molecular complexity index is 416. The summed E-state index contributed by atoms with van der Waals surface area (Å²) in [6.07, 6.45) is 3.27. The van der Waals surface area contributed by atoms with Gasteiger partial charge < -0.3 is 20.1 Å². The molecule has 0 saturated heterocycles. The molecule has 1 fully saturated rings. The van der Waals surface area contributed by atoms with Crippen LogP contribution in [0.4, 0.5) is 0 Å². The molecule has 5 nitrogen and oxygen atoms in total. The Morgan fingerprint density at radius 2 is 2.11 bits per heavy atom. The third-order valence-electron chi connectivity index (χ3n) is 3.56. The number of carbonyl (C=O) groups is 1. The van der Waals surface area contributed by atoms with E-state index in [1.54, 1.807) is 29.9 Å². The Kier molecular flexibility index (Phi) is 4.04. The number of aliphatic hydroxyl groups is 2. The Hall–Kier alpha value is -1.33. The summed E-state index contributed by atoms with van der Waals surface area (Å²) in [5.41, 5.74) is 0.556. The summed E-state index contributed by atoms with van der Waals surface area (Å²) in [6, 6.07) is 3.16. The lowest BCUT2D eigenvalue weighted by Crippen LogP contribution is -2.47. The molecule has 3 atom stereocenters. The highest BCUT2D eigenvalue weighted by atomic mass is 16.3. The maximum atomic E-state index is 12.0. The van der Waals surface area contributed by atoms with Gasteiger partial charge in [0.05, 0.1) is 18.2 Å². The first-order valence-corrected chi connectivity index (χ1v) is 6.38. The van der Waals surface area contributed by atoms with E-state index >= 15 is 0 Å². The number of hydrogen-bond donors (Lipinski definition) is 3. The van der Waals surface area contributed by atoms with E-state index in [-0.39, 0.29) is 11.9 Å². The topological polar surface area (TPSA) is 74.5 Å². The average molecular weight is 252 g/mol. The monoisotopic (exact) mass is 252 g/mol. The van der Waals surface area contributed by atoms with Crippen LogP contribution in [0.25, 0.3) is 0 Å². The summed E-state index contributed by atoms with van der Waals surface area (Å²) in [7, 11) is 1.80. The second-order valence-electron chi connectivity index (χ2n) is 4.93. The van der Waals surface area contributed by atoms with Crippen molar-refractivity contribution in [1.82, 2.24) is 9.88 Å². The summed E-state index contributed by atoms with van der Waals surface area (Å²) in [5.74, 6) is -0.208. The van der Waals surface area contributed by atoms with Crippen LogP contribution in [0.1, 0.15) is 36.2 Å². The maximum absolute atomic E-state index is 12.0. The van der Waals surface area contributed by atoms with Crippen LogP contribution in [0.3, 0.4) is 0 Å². The molecule has 1 aliphatic rings. The van der Waals surface area contributed by atoms with Crippen molar-refractivity contribution in [2.45, 2.75) is 43.9 Å². The number of aryl methyl sites for hydroxylation is 1. The van der Waals surface area contributed by atoms with E-state index in [0.29, 0.717) is 18.5 Å². The van der Waals surface area contributed by atoms with Gasteiger partial charge in [-0.1, -0.05) is 12.8 Å². The molecule has 1 aromatic rings. The molecule has 2 rings (SSSR count). The van der Waals surface area contributed by atoms with E-state index in [2.05, 4.69) is 5.32 Å².